The van der Waals surface area contributed by atoms with Gasteiger partial charge in [-0.2, -0.15) is 0 Å². The largest absolute Gasteiger partial charge is 0.493 e. The van der Waals surface area contributed by atoms with Crippen molar-refractivity contribution in [2.24, 2.45) is 0 Å². The van der Waals surface area contributed by atoms with Gasteiger partial charge >= 0.3 is 0 Å². The molecule has 0 saturated carbocycles. The maximum absolute atomic E-state index is 11.7. The zero-order valence-corrected chi connectivity index (χ0v) is 24.0. The molecule has 0 aliphatic carbocycles. The van der Waals surface area contributed by atoms with Gasteiger partial charge in [-0.15, -0.1) is 0 Å². The average molecular weight is 529 g/mol. The quantitative estimate of drug-likeness (QED) is 0.125. The predicted octanol–water partition coefficient (Wildman–Crippen LogP) is 10.3. The van der Waals surface area contributed by atoms with Crippen molar-refractivity contribution in [2.45, 2.75) is 111 Å². The summed E-state index contributed by atoms with van der Waals surface area (Å²) in [6, 6.07) is 17.9. The summed E-state index contributed by atoms with van der Waals surface area (Å²) in [6.07, 6.45) is 15.1. The molecule has 3 rings (SSSR count). The topological polar surface area (TPSA) is 25.3 Å². The van der Waals surface area contributed by atoms with E-state index in [2.05, 4.69) is 76.2 Å². The Kier molecular flexibility index (Phi) is 13.4. The first-order valence-corrected chi connectivity index (χ1v) is 14.3. The van der Waals surface area contributed by atoms with Gasteiger partial charge in [0.2, 0.25) is 11.4 Å². The third-order valence-electron chi connectivity index (χ3n) is 7.26. The van der Waals surface area contributed by atoms with E-state index in [-0.39, 0.29) is 16.5 Å². The van der Waals surface area contributed by atoms with Crippen molar-refractivity contribution < 1.29 is 21.2 Å². The van der Waals surface area contributed by atoms with Crippen LogP contribution >= 0.6 is 0 Å². The molecule has 3 heteroatoms. The van der Waals surface area contributed by atoms with E-state index in [0.29, 0.717) is 0 Å². The molecule has 0 radical (unpaired) electrons. The summed E-state index contributed by atoms with van der Waals surface area (Å²) < 4.78 is 1.52. The van der Waals surface area contributed by atoms with Crippen LogP contribution in [0.3, 0.4) is 0 Å². The van der Waals surface area contributed by atoms with Crippen molar-refractivity contribution >= 4 is 11.4 Å². The van der Waals surface area contributed by atoms with Crippen LogP contribution in [-0.4, -0.2) is 4.70 Å². The maximum atomic E-state index is 11.7. The molecule has 0 unspecified atom stereocenters. The molecular weight excluding hydrogens is 483 g/mol. The van der Waals surface area contributed by atoms with Crippen molar-refractivity contribution in [3.8, 4) is 0 Å². The number of nitrogens with zero attached hydrogens (tertiary/aromatic N) is 2. The third kappa shape index (κ3) is 7.75. The predicted molar refractivity (Wildman–Crippen MR) is 151 cm³/mol. The van der Waals surface area contributed by atoms with Gasteiger partial charge in [0, 0.05) is 38.8 Å². The molecule has 0 atom stereocenters. The van der Waals surface area contributed by atoms with Gasteiger partial charge < -0.3 is 5.53 Å². The summed E-state index contributed by atoms with van der Waals surface area (Å²) in [5.41, 5.74) is 21.4. The van der Waals surface area contributed by atoms with Crippen LogP contribution in [0, 0.1) is 0 Å². The Balaban J connectivity index is 0.00000456. The minimum absolute atomic E-state index is 0. The van der Waals surface area contributed by atoms with Crippen LogP contribution < -0.4 is 0 Å². The van der Waals surface area contributed by atoms with Crippen molar-refractivity contribution in [3.63, 3.8) is 0 Å². The zero-order chi connectivity index (χ0) is 25.0. The van der Waals surface area contributed by atoms with Gasteiger partial charge in [-0.1, -0.05) is 84.1 Å². The van der Waals surface area contributed by atoms with Gasteiger partial charge in [0.25, 0.3) is 0 Å². The molecule has 1 aliphatic heterocycles. The van der Waals surface area contributed by atoms with Crippen LogP contribution in [-0.2, 0) is 29.3 Å². The molecule has 1 aliphatic rings. The van der Waals surface area contributed by atoms with Gasteiger partial charge in [-0.05, 0) is 86.8 Å². The molecule has 2 aromatic rings. The smallest absolute Gasteiger partial charge is 0.211 e. The van der Waals surface area contributed by atoms with Crippen LogP contribution in [0.2, 0.25) is 0 Å². The number of rotatable bonds is 15. The Labute approximate surface area is 230 Å². The standard InChI is InChI=1S/C33H46N2.Ni/c1-5-9-13-15-27-20-24-29(25-21-27)33-31(17-12-8-4)30(16-11-7-3)32(35(33)34)28-22-18-26(19-23-28)14-10-6-2;/h18-25H,5-17H2,1-4H3;. The molecule has 0 fully saturated rings. The molecule has 2 aromatic carbocycles. The average Bonchev–Trinajstić information content (AvgIpc) is 3.16. The Morgan fingerprint density at radius 2 is 0.861 bits per heavy atom. The summed E-state index contributed by atoms with van der Waals surface area (Å²) in [6.45, 7) is 9.00. The molecular formula is C33H46N2Ni. The van der Waals surface area contributed by atoms with Crippen LogP contribution in [0.25, 0.3) is 16.9 Å². The minimum Gasteiger partial charge on any atom is -0.493 e. The fourth-order valence-corrected chi connectivity index (χ4v) is 5.11. The summed E-state index contributed by atoms with van der Waals surface area (Å²) in [4.78, 5) is 0. The van der Waals surface area contributed by atoms with Crippen molar-refractivity contribution in [3.05, 3.63) is 87.5 Å². The fourth-order valence-electron chi connectivity index (χ4n) is 5.11. The maximum Gasteiger partial charge on any atom is 0.211 e. The number of benzene rings is 2. The second kappa shape index (κ2) is 16.0. The summed E-state index contributed by atoms with van der Waals surface area (Å²) in [5, 5.41) is 0. The molecule has 2 nitrogen and oxygen atoms in total. The molecule has 198 valence electrons. The van der Waals surface area contributed by atoms with Crippen LogP contribution in [0.1, 0.15) is 121 Å². The van der Waals surface area contributed by atoms with Crippen LogP contribution in [0.4, 0.5) is 0 Å². The Morgan fingerprint density at radius 3 is 1.25 bits per heavy atom. The molecule has 0 N–H and O–H groups in total. The van der Waals surface area contributed by atoms with Gasteiger partial charge in [-0.3, -0.25) is 0 Å². The molecule has 1 heterocycles. The second-order valence-electron chi connectivity index (χ2n) is 10.1. The van der Waals surface area contributed by atoms with E-state index in [1.807, 2.05) is 0 Å². The first-order valence-electron chi connectivity index (χ1n) is 14.3. The SMILES string of the molecule is CCCCCc1ccc(C2=C(CCCC)C(CCCC)=C(c3ccc(CCCC)cc3)[N+]2=[N-])cc1.[Ni]. The number of allylic oxidation sites excluding steroid dienone is 2. The Morgan fingerprint density at radius 1 is 0.500 bits per heavy atom. The van der Waals surface area contributed by atoms with E-state index in [4.69, 9.17) is 0 Å². The van der Waals surface area contributed by atoms with E-state index in [0.717, 1.165) is 73.9 Å². The Hall–Kier alpha value is -1.99. The first kappa shape index (κ1) is 30.2. The van der Waals surface area contributed by atoms with Crippen molar-refractivity contribution in [1.82, 2.24) is 0 Å². The van der Waals surface area contributed by atoms with Gasteiger partial charge in [0.05, 0.1) is 0 Å². The third-order valence-corrected chi connectivity index (χ3v) is 7.26. The van der Waals surface area contributed by atoms with Crippen LogP contribution in [0.15, 0.2) is 59.7 Å². The molecule has 0 aromatic heterocycles. The number of hydrogen-bond acceptors (Lipinski definition) is 0. The zero-order valence-electron chi connectivity index (χ0n) is 23.0. The number of aryl methyl sites for hydroxylation is 2. The number of unbranched alkanes of at least 4 members (excludes halogenated alkanes) is 5. The first-order chi connectivity index (χ1) is 17.1. The van der Waals surface area contributed by atoms with E-state index in [1.165, 1.54) is 59.1 Å². The van der Waals surface area contributed by atoms with Crippen molar-refractivity contribution in [2.75, 3.05) is 0 Å². The van der Waals surface area contributed by atoms with Crippen molar-refractivity contribution in [1.29, 1.82) is 0 Å². The van der Waals surface area contributed by atoms with Crippen LogP contribution in [0.5, 0.6) is 0 Å². The summed E-state index contributed by atoms with van der Waals surface area (Å²) in [7, 11) is 0. The Bertz CT molecular complexity index is 1010. The van der Waals surface area contributed by atoms with E-state index < -0.39 is 0 Å². The van der Waals surface area contributed by atoms with Gasteiger partial charge in [-0.25, -0.2) is 4.70 Å². The molecule has 0 spiro atoms. The number of hydrogen-bond donors (Lipinski definition) is 0. The summed E-state index contributed by atoms with van der Waals surface area (Å²) >= 11 is 0. The monoisotopic (exact) mass is 528 g/mol. The normalized spacial score (nSPS) is 13.5. The second-order valence-corrected chi connectivity index (χ2v) is 10.1. The van der Waals surface area contributed by atoms with Gasteiger partial charge in [0.1, 0.15) is 0 Å². The molecule has 0 saturated heterocycles. The minimum atomic E-state index is 0. The van der Waals surface area contributed by atoms with E-state index in [1.54, 1.807) is 0 Å². The molecule has 0 amide bonds. The summed E-state index contributed by atoms with van der Waals surface area (Å²) in [5.74, 6) is 0. The van der Waals surface area contributed by atoms with E-state index in [9.17, 15) is 5.53 Å². The van der Waals surface area contributed by atoms with Gasteiger partial charge in [0.15, 0.2) is 0 Å². The molecule has 36 heavy (non-hydrogen) atoms. The molecule has 0 bridgehead atoms. The van der Waals surface area contributed by atoms with E-state index >= 15 is 0 Å². The fraction of sp³-hybridized carbons (Fsp3) is 0.515.